The molecule has 0 aliphatic rings. The van der Waals surface area contributed by atoms with Crippen molar-refractivity contribution in [2.45, 2.75) is 26.4 Å². The van der Waals surface area contributed by atoms with E-state index in [0.717, 1.165) is 13.1 Å². The molecule has 126 valence electrons. The number of hydrogen-bond donors (Lipinski definition) is 0. The maximum Gasteiger partial charge on any atom is 0.332 e. The van der Waals surface area contributed by atoms with Gasteiger partial charge in [0.05, 0.1) is 6.61 Å². The van der Waals surface area contributed by atoms with E-state index in [2.05, 4.69) is 4.90 Å². The summed E-state index contributed by atoms with van der Waals surface area (Å²) in [7, 11) is 5.89. The first-order valence-electron chi connectivity index (χ1n) is 7.38. The minimum Gasteiger partial charge on any atom is -0.462 e. The zero-order valence-electron chi connectivity index (χ0n) is 14.2. The van der Waals surface area contributed by atoms with E-state index in [1.165, 1.54) is 12.2 Å². The van der Waals surface area contributed by atoms with Crippen molar-refractivity contribution in [1.29, 1.82) is 0 Å². The Morgan fingerprint density at radius 1 is 1.09 bits per heavy atom. The average molecular weight is 312 g/mol. The number of carbonyl (C=O) groups excluding carboxylic acids is 2. The van der Waals surface area contributed by atoms with Gasteiger partial charge >= 0.3 is 11.9 Å². The molecule has 0 bridgehead atoms. The SMILES string of the molecule is C/C=C/C(=O)OCCC(C)OC(=O)/C=C/N(C)CCN(C)C. The highest BCUT2D eigenvalue weighted by Crippen LogP contribution is 2.00. The molecular weight excluding hydrogens is 284 g/mol. The van der Waals surface area contributed by atoms with Gasteiger partial charge < -0.3 is 19.3 Å². The first-order chi connectivity index (χ1) is 10.3. The summed E-state index contributed by atoms with van der Waals surface area (Å²) in [6, 6.07) is 0. The lowest BCUT2D eigenvalue weighted by atomic mass is 10.3. The molecule has 6 heteroatoms. The summed E-state index contributed by atoms with van der Waals surface area (Å²) >= 11 is 0. The number of hydrogen-bond acceptors (Lipinski definition) is 6. The van der Waals surface area contributed by atoms with Crippen LogP contribution in [0.5, 0.6) is 0 Å². The zero-order valence-corrected chi connectivity index (χ0v) is 14.2. The second-order valence-electron chi connectivity index (χ2n) is 5.30. The quantitative estimate of drug-likeness (QED) is 0.449. The highest BCUT2D eigenvalue weighted by atomic mass is 16.6. The molecule has 6 nitrogen and oxygen atoms in total. The lowest BCUT2D eigenvalue weighted by Crippen LogP contribution is -2.25. The van der Waals surface area contributed by atoms with Crippen LogP contribution in [0.25, 0.3) is 0 Å². The van der Waals surface area contributed by atoms with E-state index in [9.17, 15) is 9.59 Å². The molecule has 0 aromatic rings. The first-order valence-corrected chi connectivity index (χ1v) is 7.38. The third kappa shape index (κ3) is 12.0. The molecule has 0 saturated heterocycles. The van der Waals surface area contributed by atoms with E-state index in [-0.39, 0.29) is 18.7 Å². The molecule has 0 heterocycles. The second-order valence-corrected chi connectivity index (χ2v) is 5.30. The van der Waals surface area contributed by atoms with E-state index in [1.807, 2.05) is 26.0 Å². The molecule has 0 spiro atoms. The van der Waals surface area contributed by atoms with Gasteiger partial charge in [0.2, 0.25) is 0 Å². The molecule has 1 unspecified atom stereocenters. The predicted molar refractivity (Wildman–Crippen MR) is 86.3 cm³/mol. The van der Waals surface area contributed by atoms with Gasteiger partial charge in [0, 0.05) is 44.9 Å². The Kier molecular flexibility index (Phi) is 10.8. The smallest absolute Gasteiger partial charge is 0.332 e. The van der Waals surface area contributed by atoms with Gasteiger partial charge in [-0.05, 0) is 27.9 Å². The third-order valence-corrected chi connectivity index (χ3v) is 2.75. The van der Waals surface area contributed by atoms with Crippen LogP contribution in [-0.4, -0.2) is 68.7 Å². The van der Waals surface area contributed by atoms with Crippen LogP contribution in [0.3, 0.4) is 0 Å². The maximum atomic E-state index is 11.6. The molecule has 0 aromatic carbocycles. The number of ether oxygens (including phenoxy) is 2. The Bertz CT molecular complexity index is 392. The van der Waals surface area contributed by atoms with Crippen LogP contribution in [-0.2, 0) is 19.1 Å². The molecular formula is C16H28N2O4. The predicted octanol–water partition coefficient (Wildman–Crippen LogP) is 1.43. The zero-order chi connectivity index (χ0) is 17.0. The Balaban J connectivity index is 3.92. The lowest BCUT2D eigenvalue weighted by molar-refractivity contribution is -0.144. The molecule has 0 rings (SSSR count). The molecule has 0 N–H and O–H groups in total. The van der Waals surface area contributed by atoms with Crippen molar-refractivity contribution >= 4 is 11.9 Å². The normalized spacial score (nSPS) is 12.8. The van der Waals surface area contributed by atoms with Crippen LogP contribution in [0.4, 0.5) is 0 Å². The maximum absolute atomic E-state index is 11.6. The van der Waals surface area contributed by atoms with Crippen LogP contribution in [0, 0.1) is 0 Å². The Hall–Kier alpha value is -1.82. The summed E-state index contributed by atoms with van der Waals surface area (Å²) < 4.78 is 10.1. The monoisotopic (exact) mass is 312 g/mol. The number of carbonyl (C=O) groups is 2. The minimum absolute atomic E-state index is 0.226. The first kappa shape index (κ1) is 20.2. The van der Waals surface area contributed by atoms with Crippen LogP contribution in [0.1, 0.15) is 20.3 Å². The fraction of sp³-hybridized carbons (Fsp3) is 0.625. The van der Waals surface area contributed by atoms with Gasteiger partial charge in [-0.3, -0.25) is 0 Å². The second kappa shape index (κ2) is 11.8. The number of nitrogens with zero attached hydrogens (tertiary/aromatic N) is 2. The fourth-order valence-electron chi connectivity index (χ4n) is 1.43. The Morgan fingerprint density at radius 2 is 1.77 bits per heavy atom. The molecule has 0 fully saturated rings. The molecule has 0 aliphatic carbocycles. The van der Waals surface area contributed by atoms with E-state index in [1.54, 1.807) is 26.1 Å². The van der Waals surface area contributed by atoms with Crippen molar-refractivity contribution in [3.8, 4) is 0 Å². The van der Waals surface area contributed by atoms with Crippen molar-refractivity contribution in [3.63, 3.8) is 0 Å². The number of rotatable bonds is 10. The van der Waals surface area contributed by atoms with Gasteiger partial charge in [-0.25, -0.2) is 9.59 Å². The summed E-state index contributed by atoms with van der Waals surface area (Å²) in [4.78, 5) is 26.7. The lowest BCUT2D eigenvalue weighted by Gasteiger charge is -2.17. The van der Waals surface area contributed by atoms with E-state index >= 15 is 0 Å². The van der Waals surface area contributed by atoms with Crippen molar-refractivity contribution in [2.24, 2.45) is 0 Å². The van der Waals surface area contributed by atoms with E-state index < -0.39 is 5.97 Å². The minimum atomic E-state index is -0.399. The average Bonchev–Trinajstić information content (AvgIpc) is 2.43. The van der Waals surface area contributed by atoms with Gasteiger partial charge in [-0.2, -0.15) is 0 Å². The standard InChI is InChI=1S/C16H28N2O4/c1-6-7-15(19)21-13-9-14(2)22-16(20)8-10-18(5)12-11-17(3)4/h6-8,10,14H,9,11-13H2,1-5H3/b7-6+,10-8+. The van der Waals surface area contributed by atoms with Crippen molar-refractivity contribution in [2.75, 3.05) is 40.8 Å². The van der Waals surface area contributed by atoms with Gasteiger partial charge in [0.15, 0.2) is 0 Å². The topological polar surface area (TPSA) is 59.1 Å². The summed E-state index contributed by atoms with van der Waals surface area (Å²) in [5, 5.41) is 0. The highest BCUT2D eigenvalue weighted by Gasteiger charge is 2.08. The fourth-order valence-corrected chi connectivity index (χ4v) is 1.43. The van der Waals surface area contributed by atoms with Gasteiger partial charge in [0.1, 0.15) is 6.10 Å². The Labute approximate surface area is 133 Å². The van der Waals surface area contributed by atoms with Crippen LogP contribution < -0.4 is 0 Å². The summed E-state index contributed by atoms with van der Waals surface area (Å²) in [5.74, 6) is -0.785. The van der Waals surface area contributed by atoms with Gasteiger partial charge in [-0.15, -0.1) is 0 Å². The number of likely N-dealkylation sites (N-methyl/N-ethyl adjacent to an activating group) is 2. The van der Waals surface area contributed by atoms with Crippen molar-refractivity contribution in [3.05, 3.63) is 24.4 Å². The summed E-state index contributed by atoms with van der Waals surface area (Å²) in [5.41, 5.74) is 0. The Morgan fingerprint density at radius 3 is 2.36 bits per heavy atom. The van der Waals surface area contributed by atoms with Gasteiger partial charge in [0.25, 0.3) is 0 Å². The van der Waals surface area contributed by atoms with Gasteiger partial charge in [-0.1, -0.05) is 6.08 Å². The van der Waals surface area contributed by atoms with Crippen LogP contribution >= 0.6 is 0 Å². The van der Waals surface area contributed by atoms with E-state index in [0.29, 0.717) is 6.42 Å². The van der Waals surface area contributed by atoms with Crippen molar-refractivity contribution in [1.82, 2.24) is 9.80 Å². The summed E-state index contributed by atoms with van der Waals surface area (Å²) in [6.45, 7) is 5.47. The number of esters is 2. The molecule has 0 radical (unpaired) electrons. The number of allylic oxidation sites excluding steroid dienone is 1. The summed E-state index contributed by atoms with van der Waals surface area (Å²) in [6.07, 6.45) is 6.23. The van der Waals surface area contributed by atoms with Crippen molar-refractivity contribution < 1.29 is 19.1 Å². The molecule has 0 aromatic heterocycles. The van der Waals surface area contributed by atoms with E-state index in [4.69, 9.17) is 9.47 Å². The highest BCUT2D eigenvalue weighted by molar-refractivity contribution is 5.82. The molecule has 22 heavy (non-hydrogen) atoms. The van der Waals surface area contributed by atoms with Crippen LogP contribution in [0.15, 0.2) is 24.4 Å². The largest absolute Gasteiger partial charge is 0.462 e. The molecule has 1 atom stereocenters. The van der Waals surface area contributed by atoms with Crippen LogP contribution in [0.2, 0.25) is 0 Å². The third-order valence-electron chi connectivity index (χ3n) is 2.75. The molecule has 0 saturated carbocycles. The molecule has 0 aliphatic heterocycles. The molecule has 0 amide bonds.